The van der Waals surface area contributed by atoms with Gasteiger partial charge in [-0.1, -0.05) is 30.3 Å². The van der Waals surface area contributed by atoms with Crippen LogP contribution in [0.2, 0.25) is 0 Å². The monoisotopic (exact) mass is 261 g/mol. The van der Waals surface area contributed by atoms with Gasteiger partial charge < -0.3 is 0 Å². The van der Waals surface area contributed by atoms with Crippen LogP contribution in [-0.4, -0.2) is 15.0 Å². The van der Waals surface area contributed by atoms with Gasteiger partial charge in [-0.3, -0.25) is 4.98 Å². The minimum Gasteiger partial charge on any atom is -0.256 e. The molecule has 2 heterocycles. The average Bonchev–Trinajstić information content (AvgIpc) is 2.49. The lowest BCUT2D eigenvalue weighted by Gasteiger charge is -2.04. The Balaban J connectivity index is 1.91. The molecule has 1 aromatic carbocycles. The van der Waals surface area contributed by atoms with Gasteiger partial charge in [0.2, 0.25) is 0 Å². The van der Waals surface area contributed by atoms with Gasteiger partial charge in [0.05, 0.1) is 5.69 Å². The smallest absolute Gasteiger partial charge is 0.125 e. The zero-order valence-corrected chi connectivity index (χ0v) is 11.5. The van der Waals surface area contributed by atoms with Crippen LogP contribution < -0.4 is 0 Å². The van der Waals surface area contributed by atoms with Gasteiger partial charge >= 0.3 is 0 Å². The molecule has 0 amide bonds. The molecule has 20 heavy (non-hydrogen) atoms. The predicted molar refractivity (Wildman–Crippen MR) is 80.2 cm³/mol. The summed E-state index contributed by atoms with van der Waals surface area (Å²) in [5.41, 5.74) is 5.41. The summed E-state index contributed by atoms with van der Waals surface area (Å²) in [5.74, 6) is 0.786. The zero-order valence-electron chi connectivity index (χ0n) is 11.5. The van der Waals surface area contributed by atoms with E-state index in [0.29, 0.717) is 0 Å². The van der Waals surface area contributed by atoms with Gasteiger partial charge in [-0.25, -0.2) is 9.97 Å². The predicted octanol–water partition coefficient (Wildman–Crippen LogP) is 3.82. The van der Waals surface area contributed by atoms with E-state index in [0.717, 1.165) is 28.2 Å². The Hall–Kier alpha value is -2.55. The molecule has 3 rings (SSSR count). The second-order valence-electron chi connectivity index (χ2n) is 4.82. The van der Waals surface area contributed by atoms with Crippen molar-refractivity contribution >= 4 is 0 Å². The van der Waals surface area contributed by atoms with Crippen LogP contribution in [0.4, 0.5) is 0 Å². The third kappa shape index (κ3) is 2.57. The van der Waals surface area contributed by atoms with E-state index in [1.54, 1.807) is 0 Å². The van der Waals surface area contributed by atoms with E-state index in [1.807, 2.05) is 38.5 Å². The normalized spacial score (nSPS) is 10.5. The van der Waals surface area contributed by atoms with Crippen LogP contribution in [0.5, 0.6) is 0 Å². The first-order valence-corrected chi connectivity index (χ1v) is 6.54. The van der Waals surface area contributed by atoms with Gasteiger partial charge in [-0.15, -0.1) is 0 Å². The van der Waals surface area contributed by atoms with E-state index >= 15 is 0 Å². The van der Waals surface area contributed by atoms with Crippen LogP contribution in [0.1, 0.15) is 11.4 Å². The molecule has 0 fully saturated rings. The van der Waals surface area contributed by atoms with Crippen molar-refractivity contribution in [3.63, 3.8) is 0 Å². The SMILES string of the molecule is Cc1ccc(-c2ccc(-c3cnc(C)nc3)cc2)nc1. The van der Waals surface area contributed by atoms with E-state index < -0.39 is 0 Å². The van der Waals surface area contributed by atoms with Gasteiger partial charge in [-0.05, 0) is 31.0 Å². The molecular weight excluding hydrogens is 246 g/mol. The summed E-state index contributed by atoms with van der Waals surface area (Å²) in [6, 6.07) is 12.4. The van der Waals surface area contributed by atoms with Gasteiger partial charge in [0.1, 0.15) is 5.82 Å². The maximum atomic E-state index is 4.44. The highest BCUT2D eigenvalue weighted by atomic mass is 14.8. The Labute approximate surface area is 118 Å². The summed E-state index contributed by atoms with van der Waals surface area (Å²) in [6.45, 7) is 3.92. The number of hydrogen-bond acceptors (Lipinski definition) is 3. The van der Waals surface area contributed by atoms with Crippen molar-refractivity contribution in [3.05, 3.63) is 66.4 Å². The van der Waals surface area contributed by atoms with Gasteiger partial charge in [0.15, 0.2) is 0 Å². The Morgan fingerprint density at radius 2 is 1.25 bits per heavy atom. The Morgan fingerprint density at radius 3 is 1.85 bits per heavy atom. The summed E-state index contributed by atoms with van der Waals surface area (Å²) in [4.78, 5) is 12.9. The molecule has 98 valence electrons. The lowest BCUT2D eigenvalue weighted by atomic mass is 10.0. The highest BCUT2D eigenvalue weighted by Gasteiger charge is 2.02. The molecule has 0 spiro atoms. The fraction of sp³-hybridized carbons (Fsp3) is 0.118. The Morgan fingerprint density at radius 1 is 0.600 bits per heavy atom. The van der Waals surface area contributed by atoms with Crippen LogP contribution in [0, 0.1) is 13.8 Å². The van der Waals surface area contributed by atoms with Gasteiger partial charge in [0.25, 0.3) is 0 Å². The first-order chi connectivity index (χ1) is 9.72. The molecule has 0 bridgehead atoms. The van der Waals surface area contributed by atoms with Crippen molar-refractivity contribution < 1.29 is 0 Å². The number of aryl methyl sites for hydroxylation is 2. The summed E-state index contributed by atoms with van der Waals surface area (Å²) < 4.78 is 0. The number of pyridine rings is 1. The van der Waals surface area contributed by atoms with E-state index in [1.165, 1.54) is 5.56 Å². The molecule has 0 unspecified atom stereocenters. The van der Waals surface area contributed by atoms with Crippen molar-refractivity contribution in [2.75, 3.05) is 0 Å². The van der Waals surface area contributed by atoms with Crippen LogP contribution in [-0.2, 0) is 0 Å². The fourth-order valence-corrected chi connectivity index (χ4v) is 2.01. The molecule has 0 saturated carbocycles. The van der Waals surface area contributed by atoms with E-state index in [-0.39, 0.29) is 0 Å². The second-order valence-corrected chi connectivity index (χ2v) is 4.82. The molecule has 3 heteroatoms. The summed E-state index contributed by atoms with van der Waals surface area (Å²) in [7, 11) is 0. The summed E-state index contributed by atoms with van der Waals surface area (Å²) in [5, 5.41) is 0. The molecule has 0 aliphatic carbocycles. The summed E-state index contributed by atoms with van der Waals surface area (Å²) >= 11 is 0. The van der Waals surface area contributed by atoms with Crippen molar-refractivity contribution in [1.82, 2.24) is 15.0 Å². The fourth-order valence-electron chi connectivity index (χ4n) is 2.01. The third-order valence-electron chi connectivity index (χ3n) is 3.21. The molecule has 0 radical (unpaired) electrons. The van der Waals surface area contributed by atoms with E-state index in [2.05, 4.69) is 45.3 Å². The Bertz CT molecular complexity index is 634. The van der Waals surface area contributed by atoms with Crippen LogP contribution in [0.25, 0.3) is 22.4 Å². The highest BCUT2D eigenvalue weighted by Crippen LogP contribution is 2.23. The third-order valence-corrected chi connectivity index (χ3v) is 3.21. The first kappa shape index (κ1) is 12.5. The average molecular weight is 261 g/mol. The maximum absolute atomic E-state index is 4.44. The van der Waals surface area contributed by atoms with Gasteiger partial charge in [0, 0.05) is 29.7 Å². The van der Waals surface area contributed by atoms with Crippen molar-refractivity contribution in [2.45, 2.75) is 13.8 Å². The molecule has 0 aliphatic heterocycles. The zero-order chi connectivity index (χ0) is 13.9. The number of hydrogen-bond donors (Lipinski definition) is 0. The van der Waals surface area contributed by atoms with Gasteiger partial charge in [-0.2, -0.15) is 0 Å². The molecule has 0 aliphatic rings. The largest absolute Gasteiger partial charge is 0.256 e. The first-order valence-electron chi connectivity index (χ1n) is 6.54. The number of rotatable bonds is 2. The number of aromatic nitrogens is 3. The molecule has 2 aromatic heterocycles. The second kappa shape index (κ2) is 5.21. The maximum Gasteiger partial charge on any atom is 0.125 e. The van der Waals surface area contributed by atoms with Crippen LogP contribution >= 0.6 is 0 Å². The van der Waals surface area contributed by atoms with Crippen molar-refractivity contribution in [3.8, 4) is 22.4 Å². The summed E-state index contributed by atoms with van der Waals surface area (Å²) in [6.07, 6.45) is 5.58. The molecule has 0 atom stereocenters. The van der Waals surface area contributed by atoms with E-state index in [4.69, 9.17) is 0 Å². The topological polar surface area (TPSA) is 38.7 Å². The van der Waals surface area contributed by atoms with Crippen LogP contribution in [0.3, 0.4) is 0 Å². The number of nitrogens with zero attached hydrogens (tertiary/aromatic N) is 3. The molecule has 0 saturated heterocycles. The lowest BCUT2D eigenvalue weighted by molar-refractivity contribution is 1.06. The number of benzene rings is 1. The minimum absolute atomic E-state index is 0.786. The molecular formula is C17H15N3. The molecule has 3 aromatic rings. The van der Waals surface area contributed by atoms with E-state index in [9.17, 15) is 0 Å². The Kier molecular flexibility index (Phi) is 3.25. The highest BCUT2D eigenvalue weighted by molar-refractivity contribution is 5.67. The lowest BCUT2D eigenvalue weighted by Crippen LogP contribution is -1.88. The minimum atomic E-state index is 0.786. The molecule has 3 nitrogen and oxygen atoms in total. The van der Waals surface area contributed by atoms with Crippen molar-refractivity contribution in [1.29, 1.82) is 0 Å². The van der Waals surface area contributed by atoms with Crippen molar-refractivity contribution in [2.24, 2.45) is 0 Å². The standard InChI is InChI=1S/C17H15N3/c1-12-3-8-17(20-9-12)15-6-4-14(5-7-15)16-10-18-13(2)19-11-16/h3-11H,1-2H3. The molecule has 0 N–H and O–H groups in total. The van der Waals surface area contributed by atoms with Crippen LogP contribution in [0.15, 0.2) is 55.0 Å². The quantitative estimate of drug-likeness (QED) is 0.704.